The number of hydrogen-bond donors (Lipinski definition) is 2. The topological polar surface area (TPSA) is 81.4 Å². The molecule has 0 amide bonds. The maximum absolute atomic E-state index is 13.6. The highest BCUT2D eigenvalue weighted by molar-refractivity contribution is 7.89. The molecule has 0 aromatic heterocycles. The average Bonchev–Trinajstić information content (AvgIpc) is 2.34. The molecule has 114 valence electrons. The van der Waals surface area contributed by atoms with E-state index in [9.17, 15) is 12.8 Å². The van der Waals surface area contributed by atoms with Crippen molar-refractivity contribution in [1.29, 1.82) is 0 Å². The van der Waals surface area contributed by atoms with Crippen molar-refractivity contribution in [1.82, 2.24) is 4.72 Å². The first-order valence-corrected chi connectivity index (χ1v) is 7.89. The van der Waals surface area contributed by atoms with Gasteiger partial charge in [0.15, 0.2) is 11.6 Å². The molecule has 0 fully saturated rings. The second-order valence-electron chi connectivity index (χ2n) is 4.96. The summed E-state index contributed by atoms with van der Waals surface area (Å²) in [5, 5.41) is 0. The minimum absolute atomic E-state index is 0.0462. The molecule has 1 rings (SSSR count). The summed E-state index contributed by atoms with van der Waals surface area (Å²) in [6.07, 6.45) is 1.65. The van der Waals surface area contributed by atoms with Gasteiger partial charge in [-0.05, 0) is 30.9 Å². The predicted octanol–water partition coefficient (Wildman–Crippen LogP) is 2.13. The first kappa shape index (κ1) is 16.7. The fraction of sp³-hybridized carbons (Fsp3) is 0.538. The van der Waals surface area contributed by atoms with Crippen LogP contribution in [0, 0.1) is 11.7 Å². The van der Waals surface area contributed by atoms with Gasteiger partial charge in [-0.15, -0.1) is 0 Å². The number of nitrogens with two attached hydrogens (primary N) is 1. The smallest absolute Gasteiger partial charge is 0.240 e. The molecule has 0 bridgehead atoms. The van der Waals surface area contributed by atoms with Gasteiger partial charge in [0.05, 0.1) is 17.7 Å². The number of anilines is 1. The van der Waals surface area contributed by atoms with Crippen molar-refractivity contribution in [2.24, 2.45) is 5.92 Å². The van der Waals surface area contributed by atoms with Crippen LogP contribution in [-0.4, -0.2) is 22.1 Å². The first-order valence-electron chi connectivity index (χ1n) is 6.40. The maximum atomic E-state index is 13.6. The second-order valence-corrected chi connectivity index (χ2v) is 6.73. The van der Waals surface area contributed by atoms with E-state index < -0.39 is 15.8 Å². The molecular formula is C13H21FN2O3S. The van der Waals surface area contributed by atoms with Gasteiger partial charge in [0.25, 0.3) is 0 Å². The molecule has 0 radical (unpaired) electrons. The van der Waals surface area contributed by atoms with E-state index in [1.807, 2.05) is 0 Å². The zero-order valence-electron chi connectivity index (χ0n) is 11.9. The molecule has 0 saturated heterocycles. The zero-order valence-corrected chi connectivity index (χ0v) is 12.8. The highest BCUT2D eigenvalue weighted by atomic mass is 32.2. The summed E-state index contributed by atoms with van der Waals surface area (Å²) in [5.74, 6) is -0.438. The molecule has 7 heteroatoms. The molecular weight excluding hydrogens is 283 g/mol. The lowest BCUT2D eigenvalue weighted by molar-refractivity contribution is 0.388. The number of benzene rings is 1. The molecule has 0 saturated carbocycles. The second kappa shape index (κ2) is 6.90. The molecule has 0 aliphatic heterocycles. The van der Waals surface area contributed by atoms with E-state index >= 15 is 0 Å². The van der Waals surface area contributed by atoms with E-state index in [1.165, 1.54) is 13.2 Å². The van der Waals surface area contributed by atoms with Gasteiger partial charge in [0.1, 0.15) is 0 Å². The fourth-order valence-corrected chi connectivity index (χ4v) is 2.88. The van der Waals surface area contributed by atoms with Gasteiger partial charge in [-0.1, -0.05) is 13.8 Å². The van der Waals surface area contributed by atoms with E-state index in [1.54, 1.807) is 0 Å². The third kappa shape index (κ3) is 4.35. The Morgan fingerprint density at radius 2 is 2.05 bits per heavy atom. The summed E-state index contributed by atoms with van der Waals surface area (Å²) in [7, 11) is -2.48. The van der Waals surface area contributed by atoms with Gasteiger partial charge in [-0.25, -0.2) is 17.5 Å². The number of hydrogen-bond acceptors (Lipinski definition) is 4. The monoisotopic (exact) mass is 304 g/mol. The van der Waals surface area contributed by atoms with E-state index in [2.05, 4.69) is 18.6 Å². The fourth-order valence-electron chi connectivity index (χ4n) is 1.76. The van der Waals surface area contributed by atoms with Crippen LogP contribution < -0.4 is 15.2 Å². The lowest BCUT2D eigenvalue weighted by Gasteiger charge is -2.11. The Balaban J connectivity index is 2.83. The highest BCUT2D eigenvalue weighted by Gasteiger charge is 2.18. The molecule has 0 spiro atoms. The van der Waals surface area contributed by atoms with Gasteiger partial charge in [0.2, 0.25) is 10.0 Å². The van der Waals surface area contributed by atoms with Crippen LogP contribution >= 0.6 is 0 Å². The normalized spacial score (nSPS) is 11.8. The molecule has 0 atom stereocenters. The number of methoxy groups -OCH3 is 1. The third-order valence-corrected chi connectivity index (χ3v) is 4.25. The van der Waals surface area contributed by atoms with Crippen LogP contribution in [0.5, 0.6) is 5.75 Å². The highest BCUT2D eigenvalue weighted by Crippen LogP contribution is 2.28. The molecule has 1 aromatic rings. The van der Waals surface area contributed by atoms with Gasteiger partial charge in [-0.3, -0.25) is 0 Å². The van der Waals surface area contributed by atoms with E-state index in [4.69, 9.17) is 10.5 Å². The van der Waals surface area contributed by atoms with Crippen LogP contribution in [0.15, 0.2) is 17.0 Å². The summed E-state index contributed by atoms with van der Waals surface area (Å²) < 4.78 is 44.8. The lowest BCUT2D eigenvalue weighted by Crippen LogP contribution is -2.25. The molecule has 0 unspecified atom stereocenters. The zero-order chi connectivity index (χ0) is 15.3. The first-order chi connectivity index (χ1) is 9.27. The predicted molar refractivity (Wildman–Crippen MR) is 76.6 cm³/mol. The summed E-state index contributed by atoms with van der Waals surface area (Å²) in [5.41, 5.74) is 5.52. The Morgan fingerprint density at radius 1 is 1.40 bits per heavy atom. The molecule has 0 aliphatic carbocycles. The number of rotatable bonds is 7. The Hall–Kier alpha value is -1.34. The van der Waals surface area contributed by atoms with Crippen molar-refractivity contribution in [3.8, 4) is 5.75 Å². The van der Waals surface area contributed by atoms with E-state index in [-0.39, 0.29) is 16.3 Å². The number of ether oxygens (including phenoxy) is 1. The van der Waals surface area contributed by atoms with Crippen molar-refractivity contribution in [2.45, 2.75) is 31.6 Å². The van der Waals surface area contributed by atoms with Crippen molar-refractivity contribution < 1.29 is 17.5 Å². The standard InChI is InChI=1S/C13H21FN2O3S/c1-9(2)5-4-6-16-20(17,18)10-7-11(14)13(19-3)12(15)8-10/h7-9,16H,4-6,15H2,1-3H3. The van der Waals surface area contributed by atoms with Crippen LogP contribution in [0.1, 0.15) is 26.7 Å². The largest absolute Gasteiger partial charge is 0.492 e. The molecule has 1 aromatic carbocycles. The molecule has 0 heterocycles. The van der Waals surface area contributed by atoms with Crippen molar-refractivity contribution >= 4 is 15.7 Å². The van der Waals surface area contributed by atoms with Gasteiger partial charge in [-0.2, -0.15) is 0 Å². The van der Waals surface area contributed by atoms with Crippen LogP contribution in [0.2, 0.25) is 0 Å². The Labute approximate surface area is 119 Å². The number of nitrogen functional groups attached to an aromatic ring is 1. The number of halogens is 1. The molecule has 0 aliphatic rings. The van der Waals surface area contributed by atoms with Crippen LogP contribution in [0.4, 0.5) is 10.1 Å². The van der Waals surface area contributed by atoms with Gasteiger partial charge < -0.3 is 10.5 Å². The third-order valence-electron chi connectivity index (χ3n) is 2.81. The van der Waals surface area contributed by atoms with Crippen LogP contribution in [0.3, 0.4) is 0 Å². The molecule has 5 nitrogen and oxygen atoms in total. The van der Waals surface area contributed by atoms with Crippen molar-refractivity contribution in [3.05, 3.63) is 17.9 Å². The van der Waals surface area contributed by atoms with Gasteiger partial charge >= 0.3 is 0 Å². The number of sulfonamides is 1. The maximum Gasteiger partial charge on any atom is 0.240 e. The van der Waals surface area contributed by atoms with Crippen molar-refractivity contribution in [3.63, 3.8) is 0 Å². The summed E-state index contributed by atoms with van der Waals surface area (Å²) in [6.45, 7) is 4.44. The van der Waals surface area contributed by atoms with E-state index in [0.29, 0.717) is 12.5 Å². The SMILES string of the molecule is COc1c(N)cc(S(=O)(=O)NCCCC(C)C)cc1F. The van der Waals surface area contributed by atoms with Crippen LogP contribution in [0.25, 0.3) is 0 Å². The minimum atomic E-state index is -3.75. The van der Waals surface area contributed by atoms with E-state index in [0.717, 1.165) is 18.9 Å². The summed E-state index contributed by atoms with van der Waals surface area (Å²) in [4.78, 5) is -0.196. The Morgan fingerprint density at radius 3 is 2.55 bits per heavy atom. The average molecular weight is 304 g/mol. The van der Waals surface area contributed by atoms with Crippen molar-refractivity contribution in [2.75, 3.05) is 19.4 Å². The summed E-state index contributed by atoms with van der Waals surface area (Å²) >= 11 is 0. The Bertz CT molecular complexity index is 536. The van der Waals surface area contributed by atoms with Gasteiger partial charge in [0, 0.05) is 6.54 Å². The Kier molecular flexibility index (Phi) is 5.76. The minimum Gasteiger partial charge on any atom is -0.492 e. The van der Waals surface area contributed by atoms with Crippen LogP contribution in [-0.2, 0) is 10.0 Å². The number of nitrogens with one attached hydrogen (secondary N) is 1. The lowest BCUT2D eigenvalue weighted by atomic mass is 10.1. The molecule has 3 N–H and O–H groups in total. The summed E-state index contributed by atoms with van der Waals surface area (Å²) in [6, 6.07) is 2.09. The quantitative estimate of drug-likeness (QED) is 0.597. The molecule has 20 heavy (non-hydrogen) atoms.